The fourth-order valence-electron chi connectivity index (χ4n) is 2.58. The van der Waals surface area contributed by atoms with Crippen molar-refractivity contribution in [2.45, 2.75) is 13.8 Å². The van der Waals surface area contributed by atoms with Crippen molar-refractivity contribution in [2.75, 3.05) is 0 Å². The molecule has 0 aliphatic rings. The number of aromatic nitrogens is 5. The number of hydrogen-bond acceptors (Lipinski definition) is 4. The summed E-state index contributed by atoms with van der Waals surface area (Å²) in [6, 6.07) is 5.92. The van der Waals surface area contributed by atoms with Gasteiger partial charge in [-0.15, -0.1) is 12.4 Å². The molecule has 0 atom stereocenters. The van der Waals surface area contributed by atoms with E-state index in [1.165, 1.54) is 22.6 Å². The van der Waals surface area contributed by atoms with Gasteiger partial charge in [0.25, 0.3) is 5.56 Å². The third kappa shape index (κ3) is 2.52. The predicted molar refractivity (Wildman–Crippen MR) is 90.1 cm³/mol. The van der Waals surface area contributed by atoms with Gasteiger partial charge in [-0.3, -0.25) is 9.20 Å². The molecule has 0 fully saturated rings. The monoisotopic (exact) mass is 345 g/mol. The molecule has 4 aromatic heterocycles. The minimum absolute atomic E-state index is 0. The summed E-state index contributed by atoms with van der Waals surface area (Å²) in [5.41, 5.74) is 3.59. The first-order valence-electron chi connectivity index (χ1n) is 7.04. The Hall–Kier alpha value is -2.80. The first kappa shape index (κ1) is 16.1. The van der Waals surface area contributed by atoms with E-state index in [0.717, 1.165) is 23.1 Å². The number of rotatable bonds is 1. The van der Waals surface area contributed by atoms with Gasteiger partial charge in [-0.25, -0.2) is 18.9 Å². The van der Waals surface area contributed by atoms with Gasteiger partial charge in [0.15, 0.2) is 5.65 Å². The van der Waals surface area contributed by atoms with Gasteiger partial charge in [-0.1, -0.05) is 0 Å². The highest BCUT2D eigenvalue weighted by atomic mass is 35.5. The van der Waals surface area contributed by atoms with Crippen LogP contribution < -0.4 is 5.56 Å². The molecular formula is C16H13ClFN5O. The fourth-order valence-corrected chi connectivity index (χ4v) is 2.58. The lowest BCUT2D eigenvalue weighted by atomic mass is 10.2. The number of hydrogen-bond donors (Lipinski definition) is 0. The second kappa shape index (κ2) is 5.68. The van der Waals surface area contributed by atoms with Crippen molar-refractivity contribution in [3.05, 3.63) is 64.1 Å². The normalized spacial score (nSPS) is 11.0. The zero-order valence-electron chi connectivity index (χ0n) is 12.9. The van der Waals surface area contributed by atoms with E-state index in [0.29, 0.717) is 17.0 Å². The Morgan fingerprint density at radius 1 is 1.04 bits per heavy atom. The number of imidazole rings is 1. The molecule has 4 rings (SSSR count). The topological polar surface area (TPSA) is 64.6 Å². The van der Waals surface area contributed by atoms with E-state index in [1.54, 1.807) is 4.52 Å². The van der Waals surface area contributed by atoms with Crippen LogP contribution in [0.15, 0.2) is 41.5 Å². The van der Waals surface area contributed by atoms with Gasteiger partial charge < -0.3 is 0 Å². The maximum absolute atomic E-state index is 13.3. The molecule has 0 spiro atoms. The summed E-state index contributed by atoms with van der Waals surface area (Å²) in [5.74, 6) is -0.488. The smallest absolute Gasteiger partial charge is 0.258 e. The first-order chi connectivity index (χ1) is 11.0. The van der Waals surface area contributed by atoms with Gasteiger partial charge in [0, 0.05) is 12.3 Å². The Balaban J connectivity index is 0.00000169. The Morgan fingerprint density at radius 2 is 1.83 bits per heavy atom. The molecule has 0 unspecified atom stereocenters. The summed E-state index contributed by atoms with van der Waals surface area (Å²) in [6.07, 6.45) is 2.94. The molecule has 0 aliphatic carbocycles. The summed E-state index contributed by atoms with van der Waals surface area (Å²) >= 11 is 0. The van der Waals surface area contributed by atoms with Crippen LogP contribution in [-0.4, -0.2) is 24.0 Å². The van der Waals surface area contributed by atoms with Gasteiger partial charge in [0.2, 0.25) is 0 Å². The maximum atomic E-state index is 13.3. The average molecular weight is 346 g/mol. The summed E-state index contributed by atoms with van der Waals surface area (Å²) in [5, 5.41) is 4.46. The fraction of sp³-hybridized carbons (Fsp3) is 0.125. The van der Waals surface area contributed by atoms with Crippen molar-refractivity contribution in [1.29, 1.82) is 0 Å². The molecule has 4 aromatic rings. The molecule has 8 heteroatoms. The van der Waals surface area contributed by atoms with Crippen molar-refractivity contribution in [3.8, 4) is 11.4 Å². The lowest BCUT2D eigenvalue weighted by Gasteiger charge is -2.05. The maximum Gasteiger partial charge on any atom is 0.258 e. The van der Waals surface area contributed by atoms with Crippen LogP contribution in [0.1, 0.15) is 11.3 Å². The van der Waals surface area contributed by atoms with Crippen LogP contribution >= 0.6 is 12.4 Å². The highest BCUT2D eigenvalue weighted by Gasteiger charge is 2.11. The summed E-state index contributed by atoms with van der Waals surface area (Å²) in [7, 11) is 0. The van der Waals surface area contributed by atoms with Crippen molar-refractivity contribution < 1.29 is 4.39 Å². The second-order valence-corrected chi connectivity index (χ2v) is 5.42. The molecule has 0 radical (unpaired) electrons. The van der Waals surface area contributed by atoms with Gasteiger partial charge in [-0.05, 0) is 37.6 Å². The third-order valence-electron chi connectivity index (χ3n) is 3.62. The summed E-state index contributed by atoms with van der Waals surface area (Å²) in [6.45, 7) is 3.82. The quantitative estimate of drug-likeness (QED) is 0.532. The molecule has 122 valence electrons. The molecule has 0 saturated heterocycles. The lowest BCUT2D eigenvalue weighted by molar-refractivity contribution is 0.617. The van der Waals surface area contributed by atoms with Crippen molar-refractivity contribution >= 4 is 23.7 Å². The van der Waals surface area contributed by atoms with Gasteiger partial charge >= 0.3 is 0 Å². The molecule has 0 N–H and O–H groups in total. The Kier molecular flexibility index (Phi) is 3.81. The first-order valence-corrected chi connectivity index (χ1v) is 7.04. The SMILES string of the molecule is Cc1cn2nc(-c3cc(=O)n4cc(F)ccc4n3)cc(C)c2n1.Cl. The number of nitrogens with zero attached hydrogens (tertiary/aromatic N) is 5. The van der Waals surface area contributed by atoms with Crippen LogP contribution in [0.5, 0.6) is 0 Å². The van der Waals surface area contributed by atoms with E-state index in [2.05, 4.69) is 15.1 Å². The van der Waals surface area contributed by atoms with Gasteiger partial charge in [-0.2, -0.15) is 5.10 Å². The van der Waals surface area contributed by atoms with E-state index in [-0.39, 0.29) is 18.0 Å². The molecule has 24 heavy (non-hydrogen) atoms. The molecule has 0 bridgehead atoms. The van der Waals surface area contributed by atoms with Crippen LogP contribution in [0.3, 0.4) is 0 Å². The van der Waals surface area contributed by atoms with Crippen molar-refractivity contribution in [2.24, 2.45) is 0 Å². The van der Waals surface area contributed by atoms with Crippen LogP contribution in [-0.2, 0) is 0 Å². The van der Waals surface area contributed by atoms with Gasteiger partial charge in [0.1, 0.15) is 17.2 Å². The molecule has 0 amide bonds. The molecule has 0 aromatic carbocycles. The van der Waals surface area contributed by atoms with Crippen LogP contribution in [0, 0.1) is 19.7 Å². The molecule has 4 heterocycles. The van der Waals surface area contributed by atoms with E-state index >= 15 is 0 Å². The Bertz CT molecular complexity index is 1130. The number of halogens is 2. The molecule has 0 aliphatic heterocycles. The summed E-state index contributed by atoms with van der Waals surface area (Å²) < 4.78 is 16.1. The molecule has 0 saturated carbocycles. The largest absolute Gasteiger partial charge is 0.269 e. The minimum Gasteiger partial charge on any atom is -0.269 e. The second-order valence-electron chi connectivity index (χ2n) is 5.42. The number of fused-ring (bicyclic) bond motifs is 2. The van der Waals surface area contributed by atoms with Crippen LogP contribution in [0.25, 0.3) is 22.7 Å². The lowest BCUT2D eigenvalue weighted by Crippen LogP contribution is -2.15. The molecule has 6 nitrogen and oxygen atoms in total. The summed E-state index contributed by atoms with van der Waals surface area (Å²) in [4.78, 5) is 21.0. The highest BCUT2D eigenvalue weighted by Crippen LogP contribution is 2.18. The van der Waals surface area contributed by atoms with Crippen LogP contribution in [0.4, 0.5) is 4.39 Å². The number of aryl methyl sites for hydroxylation is 2. The predicted octanol–water partition coefficient (Wildman–Crippen LogP) is 2.58. The Morgan fingerprint density at radius 3 is 2.62 bits per heavy atom. The molecular weight excluding hydrogens is 333 g/mol. The minimum atomic E-state index is -0.488. The Labute approximate surface area is 142 Å². The van der Waals surface area contributed by atoms with Crippen molar-refractivity contribution in [1.82, 2.24) is 24.0 Å². The zero-order chi connectivity index (χ0) is 16.1. The highest BCUT2D eigenvalue weighted by molar-refractivity contribution is 5.85. The van der Waals surface area contributed by atoms with E-state index in [4.69, 9.17) is 0 Å². The standard InChI is InChI=1S/C16H12FN5O.ClH/c1-9-5-13(20-22-7-10(2)18-16(9)22)12-6-15(23)21-8-11(17)3-4-14(21)19-12;/h3-8H,1-2H3;1H. The average Bonchev–Trinajstić information content (AvgIpc) is 2.89. The van der Waals surface area contributed by atoms with E-state index in [9.17, 15) is 9.18 Å². The number of pyridine rings is 1. The van der Waals surface area contributed by atoms with Crippen LogP contribution in [0.2, 0.25) is 0 Å². The third-order valence-corrected chi connectivity index (χ3v) is 3.62. The van der Waals surface area contributed by atoms with Gasteiger partial charge in [0.05, 0.1) is 17.6 Å². The van der Waals surface area contributed by atoms with E-state index < -0.39 is 5.82 Å². The zero-order valence-corrected chi connectivity index (χ0v) is 13.7. The van der Waals surface area contributed by atoms with E-state index in [1.807, 2.05) is 26.1 Å². The van der Waals surface area contributed by atoms with Crippen molar-refractivity contribution in [3.63, 3.8) is 0 Å².